The van der Waals surface area contributed by atoms with Crippen molar-refractivity contribution in [3.05, 3.63) is 58.2 Å². The minimum Gasteiger partial charge on any atom is -0.454 e. The molecule has 1 aliphatic heterocycles. The van der Waals surface area contributed by atoms with Crippen LogP contribution in [-0.2, 0) is 6.42 Å². The number of fused-ring (bicyclic) bond motifs is 4. The van der Waals surface area contributed by atoms with Crippen molar-refractivity contribution in [2.24, 2.45) is 0 Å². The summed E-state index contributed by atoms with van der Waals surface area (Å²) in [7, 11) is 0. The normalized spacial score (nSPS) is 18.6. The van der Waals surface area contributed by atoms with E-state index in [4.69, 9.17) is 21.1 Å². The molecule has 132 valence electrons. The molecule has 1 aromatic heterocycles. The van der Waals surface area contributed by atoms with Gasteiger partial charge < -0.3 is 14.5 Å². The number of ketones is 1. The van der Waals surface area contributed by atoms with Gasteiger partial charge in [-0.2, -0.15) is 0 Å². The van der Waals surface area contributed by atoms with Gasteiger partial charge in [-0.05, 0) is 43.0 Å². The van der Waals surface area contributed by atoms with Crippen molar-refractivity contribution in [3.63, 3.8) is 0 Å². The SMILES string of the molecule is O=C(c1cccc(Cl)c1)C1CCCCc2[nH]c3cc4c(cc3c21)OCO4. The van der Waals surface area contributed by atoms with Crippen molar-refractivity contribution in [1.82, 2.24) is 4.98 Å². The van der Waals surface area contributed by atoms with Crippen LogP contribution in [0.15, 0.2) is 36.4 Å². The van der Waals surface area contributed by atoms with Gasteiger partial charge in [-0.25, -0.2) is 0 Å². The lowest BCUT2D eigenvalue weighted by Gasteiger charge is -2.15. The second-order valence-corrected chi connectivity index (χ2v) is 7.38. The Labute approximate surface area is 156 Å². The van der Waals surface area contributed by atoms with Crippen LogP contribution in [0, 0.1) is 0 Å². The summed E-state index contributed by atoms with van der Waals surface area (Å²) in [5.41, 5.74) is 3.94. The summed E-state index contributed by atoms with van der Waals surface area (Å²) >= 11 is 6.11. The minimum atomic E-state index is -0.167. The average molecular weight is 368 g/mol. The number of carbonyl (C=O) groups excluding carboxylic acids is 1. The lowest BCUT2D eigenvalue weighted by molar-refractivity contribution is 0.0955. The number of nitrogens with one attached hydrogen (secondary N) is 1. The van der Waals surface area contributed by atoms with E-state index in [-0.39, 0.29) is 18.5 Å². The molecule has 2 heterocycles. The number of carbonyl (C=O) groups is 1. The first-order valence-electron chi connectivity index (χ1n) is 8.94. The van der Waals surface area contributed by atoms with E-state index in [0.29, 0.717) is 10.6 Å². The number of halogens is 1. The number of Topliss-reactive ketones (excluding diaryl/α,β-unsaturated/α-hetero) is 1. The molecule has 5 heteroatoms. The number of H-pyrrole nitrogens is 1. The fourth-order valence-electron chi connectivity index (χ4n) is 4.16. The fraction of sp³-hybridized carbons (Fsp3) is 0.286. The zero-order chi connectivity index (χ0) is 17.7. The number of benzene rings is 2. The quantitative estimate of drug-likeness (QED) is 0.497. The van der Waals surface area contributed by atoms with Gasteiger partial charge in [0.25, 0.3) is 0 Å². The topological polar surface area (TPSA) is 51.3 Å². The van der Waals surface area contributed by atoms with Crippen LogP contribution < -0.4 is 9.47 Å². The molecule has 2 aliphatic rings. The van der Waals surface area contributed by atoms with Gasteiger partial charge in [0, 0.05) is 39.2 Å². The summed E-state index contributed by atoms with van der Waals surface area (Å²) in [5, 5.41) is 1.65. The van der Waals surface area contributed by atoms with Gasteiger partial charge in [0.15, 0.2) is 17.3 Å². The molecule has 5 rings (SSSR count). The second kappa shape index (κ2) is 6.06. The van der Waals surface area contributed by atoms with Gasteiger partial charge in [-0.15, -0.1) is 0 Å². The molecule has 0 saturated carbocycles. The van der Waals surface area contributed by atoms with Crippen molar-refractivity contribution in [3.8, 4) is 11.5 Å². The Kier molecular flexibility index (Phi) is 3.68. The summed E-state index contributed by atoms with van der Waals surface area (Å²) in [6, 6.07) is 11.2. The van der Waals surface area contributed by atoms with Crippen molar-refractivity contribution in [2.45, 2.75) is 31.6 Å². The first-order chi connectivity index (χ1) is 12.7. The Hall–Kier alpha value is -2.46. The van der Waals surface area contributed by atoms with Crippen LogP contribution in [0.1, 0.15) is 46.8 Å². The van der Waals surface area contributed by atoms with E-state index in [1.807, 2.05) is 24.3 Å². The summed E-state index contributed by atoms with van der Waals surface area (Å²) < 4.78 is 11.1. The monoisotopic (exact) mass is 367 g/mol. The molecule has 0 amide bonds. The zero-order valence-electron chi connectivity index (χ0n) is 14.2. The predicted molar refractivity (Wildman–Crippen MR) is 101 cm³/mol. The van der Waals surface area contributed by atoms with Gasteiger partial charge in [-0.3, -0.25) is 4.79 Å². The highest BCUT2D eigenvalue weighted by Crippen LogP contribution is 2.43. The van der Waals surface area contributed by atoms with E-state index in [1.165, 1.54) is 0 Å². The summed E-state index contributed by atoms with van der Waals surface area (Å²) in [4.78, 5) is 16.8. The van der Waals surface area contributed by atoms with Gasteiger partial charge in [-0.1, -0.05) is 30.2 Å². The van der Waals surface area contributed by atoms with Crippen molar-refractivity contribution in [2.75, 3.05) is 6.79 Å². The summed E-state index contributed by atoms with van der Waals surface area (Å²) in [6.45, 7) is 0.245. The first-order valence-corrected chi connectivity index (χ1v) is 9.32. The van der Waals surface area contributed by atoms with E-state index in [9.17, 15) is 4.79 Å². The molecule has 1 aliphatic carbocycles. The predicted octanol–water partition coefficient (Wildman–Crippen LogP) is 5.24. The van der Waals surface area contributed by atoms with Gasteiger partial charge in [0.1, 0.15) is 0 Å². The molecule has 2 aromatic carbocycles. The van der Waals surface area contributed by atoms with Crippen molar-refractivity contribution < 1.29 is 14.3 Å². The molecular formula is C21H18ClNO3. The zero-order valence-corrected chi connectivity index (χ0v) is 14.9. The standard InChI is InChI=1S/C21H18ClNO3/c22-13-5-3-4-12(8-13)21(24)14-6-1-2-7-16-20(14)15-9-18-19(26-11-25-18)10-17(15)23-16/h3-5,8-10,14,23H,1-2,6-7,11H2. The molecule has 1 atom stereocenters. The van der Waals surface area contributed by atoms with Crippen LogP contribution in [0.25, 0.3) is 10.9 Å². The molecular weight excluding hydrogens is 350 g/mol. The Morgan fingerprint density at radius 1 is 1.12 bits per heavy atom. The maximum absolute atomic E-state index is 13.3. The third-order valence-electron chi connectivity index (χ3n) is 5.36. The van der Waals surface area contributed by atoms with Crippen LogP contribution in [0.5, 0.6) is 11.5 Å². The third kappa shape index (κ3) is 2.48. The summed E-state index contributed by atoms with van der Waals surface area (Å²) in [5.74, 6) is 1.47. The lowest BCUT2D eigenvalue weighted by Crippen LogP contribution is -2.13. The molecule has 0 bridgehead atoms. The number of aromatic amines is 1. The van der Waals surface area contributed by atoms with Crippen LogP contribution in [0.2, 0.25) is 5.02 Å². The maximum Gasteiger partial charge on any atom is 0.231 e. The van der Waals surface area contributed by atoms with Gasteiger partial charge in [0.2, 0.25) is 6.79 Å². The highest BCUT2D eigenvalue weighted by molar-refractivity contribution is 6.31. The third-order valence-corrected chi connectivity index (χ3v) is 5.59. The molecule has 0 saturated heterocycles. The molecule has 3 aromatic rings. The minimum absolute atomic E-state index is 0.134. The Morgan fingerprint density at radius 3 is 2.81 bits per heavy atom. The summed E-state index contributed by atoms with van der Waals surface area (Å²) in [6.07, 6.45) is 3.91. The van der Waals surface area contributed by atoms with Crippen LogP contribution >= 0.6 is 11.6 Å². The van der Waals surface area contributed by atoms with Gasteiger partial charge in [0.05, 0.1) is 0 Å². The molecule has 0 spiro atoms. The first kappa shape index (κ1) is 15.8. The van der Waals surface area contributed by atoms with E-state index in [0.717, 1.165) is 59.3 Å². The molecule has 1 unspecified atom stereocenters. The Balaban J connectivity index is 1.66. The number of ether oxygens (including phenoxy) is 2. The Bertz CT molecular complexity index is 1020. The molecule has 0 radical (unpaired) electrons. The Morgan fingerprint density at radius 2 is 1.96 bits per heavy atom. The average Bonchev–Trinajstić information content (AvgIpc) is 3.17. The van der Waals surface area contributed by atoms with E-state index in [1.54, 1.807) is 12.1 Å². The molecule has 26 heavy (non-hydrogen) atoms. The fourth-order valence-corrected chi connectivity index (χ4v) is 4.35. The highest BCUT2D eigenvalue weighted by atomic mass is 35.5. The molecule has 0 fully saturated rings. The smallest absolute Gasteiger partial charge is 0.231 e. The van der Waals surface area contributed by atoms with Crippen molar-refractivity contribution >= 4 is 28.3 Å². The number of rotatable bonds is 2. The molecule has 1 N–H and O–H groups in total. The number of hydrogen-bond donors (Lipinski definition) is 1. The second-order valence-electron chi connectivity index (χ2n) is 6.94. The van der Waals surface area contributed by atoms with E-state index < -0.39 is 0 Å². The largest absolute Gasteiger partial charge is 0.454 e. The number of hydrogen-bond acceptors (Lipinski definition) is 3. The van der Waals surface area contributed by atoms with Crippen LogP contribution in [0.4, 0.5) is 0 Å². The van der Waals surface area contributed by atoms with Crippen molar-refractivity contribution in [1.29, 1.82) is 0 Å². The lowest BCUT2D eigenvalue weighted by atomic mass is 9.86. The molecule has 4 nitrogen and oxygen atoms in total. The van der Waals surface area contributed by atoms with E-state index >= 15 is 0 Å². The maximum atomic E-state index is 13.3. The van der Waals surface area contributed by atoms with E-state index in [2.05, 4.69) is 4.98 Å². The highest BCUT2D eigenvalue weighted by Gasteiger charge is 2.30. The number of aromatic nitrogens is 1. The van der Waals surface area contributed by atoms with Crippen LogP contribution in [-0.4, -0.2) is 17.6 Å². The van der Waals surface area contributed by atoms with Crippen LogP contribution in [0.3, 0.4) is 0 Å². The van der Waals surface area contributed by atoms with Gasteiger partial charge >= 0.3 is 0 Å². The number of aryl methyl sites for hydroxylation is 1.